The molecule has 1 unspecified atom stereocenters. The molecule has 2 rings (SSSR count). The lowest BCUT2D eigenvalue weighted by molar-refractivity contribution is -0.385. The van der Waals surface area contributed by atoms with Gasteiger partial charge in [-0.1, -0.05) is 0 Å². The van der Waals surface area contributed by atoms with Gasteiger partial charge in [-0.2, -0.15) is 0 Å². The molecule has 1 aliphatic heterocycles. The number of carbonyl (C=O) groups is 1. The average Bonchev–Trinajstić information content (AvgIpc) is 2.83. The second kappa shape index (κ2) is 15.4. The van der Waals surface area contributed by atoms with Gasteiger partial charge in [0.15, 0.2) is 6.29 Å². The van der Waals surface area contributed by atoms with Gasteiger partial charge in [-0.15, -0.1) is 0 Å². The molecule has 0 bridgehead atoms. The molecule has 4 N–H and O–H groups in total. The number of ether oxygens (including phenoxy) is 4. The quantitative estimate of drug-likeness (QED) is 0.225. The highest BCUT2D eigenvalue weighted by atomic mass is 16.7. The van der Waals surface area contributed by atoms with Crippen LogP contribution in [0.25, 0.3) is 0 Å². The highest BCUT2D eigenvalue weighted by Crippen LogP contribution is 2.26. The molecule has 1 saturated heterocycles. The van der Waals surface area contributed by atoms with Crippen LogP contribution in [0.4, 0.5) is 10.5 Å². The predicted octanol–water partition coefficient (Wildman–Crippen LogP) is 2.54. The topological polar surface area (TPSA) is 152 Å². The number of amides is 1. The molecule has 0 spiro atoms. The average molecular weight is 469 g/mol. The van der Waals surface area contributed by atoms with Gasteiger partial charge in [-0.05, 0) is 51.3 Å². The number of nitro groups is 1. The zero-order chi connectivity index (χ0) is 23.9. The number of hydrogen-bond acceptors (Lipinski definition) is 9. The Labute approximate surface area is 194 Å². The summed E-state index contributed by atoms with van der Waals surface area (Å²) in [5.41, 5.74) is 11.5. The summed E-state index contributed by atoms with van der Waals surface area (Å²) in [4.78, 5) is 24.8. The van der Waals surface area contributed by atoms with E-state index in [1.165, 1.54) is 18.2 Å². The van der Waals surface area contributed by atoms with Crippen molar-refractivity contribution in [3.63, 3.8) is 0 Å². The van der Waals surface area contributed by atoms with E-state index < -0.39 is 11.0 Å². The van der Waals surface area contributed by atoms with Gasteiger partial charge in [0.1, 0.15) is 12.4 Å². The zero-order valence-electron chi connectivity index (χ0n) is 19.1. The van der Waals surface area contributed by atoms with Crippen molar-refractivity contribution in [3.8, 4) is 5.75 Å². The molecule has 186 valence electrons. The maximum absolute atomic E-state index is 12.5. The molecule has 1 aromatic rings. The van der Waals surface area contributed by atoms with Gasteiger partial charge in [0, 0.05) is 37.7 Å². The summed E-state index contributed by atoms with van der Waals surface area (Å²) in [5.74, 6) is 0.307. The number of rotatable bonds is 15. The van der Waals surface area contributed by atoms with Gasteiger partial charge in [0.05, 0.1) is 24.2 Å². The molecule has 1 aliphatic rings. The molecule has 0 aromatic heterocycles. The van der Waals surface area contributed by atoms with Crippen LogP contribution in [-0.2, 0) is 20.8 Å². The lowest BCUT2D eigenvalue weighted by Crippen LogP contribution is -2.35. The van der Waals surface area contributed by atoms with Gasteiger partial charge >= 0.3 is 6.09 Å². The Morgan fingerprint density at radius 1 is 1.15 bits per heavy atom. The first kappa shape index (κ1) is 26.8. The fraction of sp³-hybridized carbons (Fsp3) is 0.682. The summed E-state index contributed by atoms with van der Waals surface area (Å²) in [5, 5.41) is 11.2. The molecule has 0 saturated carbocycles. The molecule has 33 heavy (non-hydrogen) atoms. The number of hydrogen-bond donors (Lipinski definition) is 2. The maximum Gasteiger partial charge on any atom is 0.410 e. The molecule has 11 heteroatoms. The minimum Gasteiger partial charge on any atom is -0.493 e. The number of nitrogens with zero attached hydrogens (tertiary/aromatic N) is 2. The Balaban J connectivity index is 1.90. The first-order valence-corrected chi connectivity index (χ1v) is 11.5. The lowest BCUT2D eigenvalue weighted by atomic mass is 10.2. The number of carbonyl (C=O) groups excluding carboxylic acids is 1. The van der Waals surface area contributed by atoms with Crippen LogP contribution in [0.2, 0.25) is 0 Å². The van der Waals surface area contributed by atoms with E-state index in [0.717, 1.165) is 19.3 Å². The van der Waals surface area contributed by atoms with E-state index in [4.69, 9.17) is 30.4 Å². The van der Waals surface area contributed by atoms with Crippen molar-refractivity contribution in [2.45, 2.75) is 51.4 Å². The summed E-state index contributed by atoms with van der Waals surface area (Å²) in [6.45, 7) is 3.28. The third kappa shape index (κ3) is 9.91. The predicted molar refractivity (Wildman–Crippen MR) is 122 cm³/mol. The van der Waals surface area contributed by atoms with E-state index in [9.17, 15) is 14.9 Å². The Kier molecular flexibility index (Phi) is 12.5. The Morgan fingerprint density at radius 2 is 1.91 bits per heavy atom. The fourth-order valence-corrected chi connectivity index (χ4v) is 3.30. The first-order valence-electron chi connectivity index (χ1n) is 11.5. The van der Waals surface area contributed by atoms with E-state index in [2.05, 4.69) is 0 Å². The van der Waals surface area contributed by atoms with Crippen LogP contribution in [0.15, 0.2) is 18.2 Å². The van der Waals surface area contributed by atoms with Crippen LogP contribution in [0.1, 0.15) is 44.1 Å². The number of nitrogens with two attached hydrogens (primary N) is 2. The van der Waals surface area contributed by atoms with Crippen molar-refractivity contribution in [3.05, 3.63) is 33.9 Å². The number of non-ortho nitro benzene ring substituents is 1. The molecular formula is C22H36N4O7. The van der Waals surface area contributed by atoms with E-state index >= 15 is 0 Å². The molecule has 1 amide bonds. The Bertz CT molecular complexity index is 721. The smallest absolute Gasteiger partial charge is 0.410 e. The van der Waals surface area contributed by atoms with Crippen molar-refractivity contribution in [2.24, 2.45) is 11.5 Å². The summed E-state index contributed by atoms with van der Waals surface area (Å²) in [6, 6.07) is 4.24. The maximum atomic E-state index is 12.5. The van der Waals surface area contributed by atoms with Crippen LogP contribution >= 0.6 is 0 Å². The fourth-order valence-electron chi connectivity index (χ4n) is 3.30. The van der Waals surface area contributed by atoms with Crippen LogP contribution in [0.3, 0.4) is 0 Å². The molecule has 1 fully saturated rings. The van der Waals surface area contributed by atoms with Gasteiger partial charge in [0.2, 0.25) is 0 Å². The molecule has 1 atom stereocenters. The van der Waals surface area contributed by atoms with Crippen molar-refractivity contribution >= 4 is 11.8 Å². The van der Waals surface area contributed by atoms with E-state index in [1.807, 2.05) is 0 Å². The Morgan fingerprint density at radius 3 is 2.55 bits per heavy atom. The molecule has 0 aliphatic carbocycles. The van der Waals surface area contributed by atoms with Crippen molar-refractivity contribution in [2.75, 3.05) is 46.0 Å². The van der Waals surface area contributed by atoms with Crippen LogP contribution in [0.5, 0.6) is 5.75 Å². The second-order valence-corrected chi connectivity index (χ2v) is 7.74. The van der Waals surface area contributed by atoms with Crippen LogP contribution < -0.4 is 16.2 Å². The highest BCUT2D eigenvalue weighted by molar-refractivity contribution is 5.67. The van der Waals surface area contributed by atoms with Crippen molar-refractivity contribution in [1.82, 2.24) is 4.90 Å². The number of benzene rings is 1. The minimum absolute atomic E-state index is 0.0691. The molecule has 1 aromatic carbocycles. The van der Waals surface area contributed by atoms with Gasteiger partial charge < -0.3 is 35.3 Å². The summed E-state index contributed by atoms with van der Waals surface area (Å²) < 4.78 is 22.4. The van der Waals surface area contributed by atoms with Crippen LogP contribution in [0, 0.1) is 10.1 Å². The summed E-state index contributed by atoms with van der Waals surface area (Å²) in [7, 11) is 0. The van der Waals surface area contributed by atoms with E-state index in [-0.39, 0.29) is 18.6 Å². The van der Waals surface area contributed by atoms with Crippen LogP contribution in [-0.4, -0.2) is 68.2 Å². The summed E-state index contributed by atoms with van der Waals surface area (Å²) in [6.07, 6.45) is 4.27. The molecule has 0 radical (unpaired) electrons. The SMILES string of the molecule is NCCCN(CCCN)C(=O)OCc1ccc([N+](=O)[O-])cc1OCCCOC1CCCCO1. The standard InChI is InChI=1S/C22H36N4O7/c23-9-3-11-25(12-4-10-24)22(27)33-17-18-7-8-19(26(28)29)16-20(18)30-14-5-15-32-21-6-1-2-13-31-21/h7-8,16,21H,1-6,9-15,17,23-24H2. The third-order valence-corrected chi connectivity index (χ3v) is 5.12. The zero-order valence-corrected chi connectivity index (χ0v) is 19.1. The molecular weight excluding hydrogens is 432 g/mol. The molecule has 1 heterocycles. The first-order chi connectivity index (χ1) is 16.0. The van der Waals surface area contributed by atoms with E-state index in [1.54, 1.807) is 4.90 Å². The second-order valence-electron chi connectivity index (χ2n) is 7.74. The van der Waals surface area contributed by atoms with Gasteiger partial charge in [-0.3, -0.25) is 10.1 Å². The Hall–Kier alpha value is -2.47. The summed E-state index contributed by atoms with van der Waals surface area (Å²) >= 11 is 0. The molecule has 11 nitrogen and oxygen atoms in total. The number of nitro benzene ring substituents is 1. The third-order valence-electron chi connectivity index (χ3n) is 5.12. The lowest BCUT2D eigenvalue weighted by Gasteiger charge is -2.23. The largest absolute Gasteiger partial charge is 0.493 e. The van der Waals surface area contributed by atoms with Gasteiger partial charge in [0.25, 0.3) is 5.69 Å². The van der Waals surface area contributed by atoms with E-state index in [0.29, 0.717) is 76.6 Å². The monoisotopic (exact) mass is 468 g/mol. The van der Waals surface area contributed by atoms with Crippen molar-refractivity contribution < 1.29 is 28.7 Å². The highest BCUT2D eigenvalue weighted by Gasteiger charge is 2.18. The van der Waals surface area contributed by atoms with Gasteiger partial charge in [-0.25, -0.2) is 4.79 Å². The van der Waals surface area contributed by atoms with Crippen molar-refractivity contribution in [1.29, 1.82) is 0 Å². The normalized spacial score (nSPS) is 15.8. The minimum atomic E-state index is -0.493.